The Balaban J connectivity index is 2.02. The van der Waals surface area contributed by atoms with Gasteiger partial charge in [0.25, 0.3) is 21.9 Å². The lowest BCUT2D eigenvalue weighted by Gasteiger charge is -2.16. The van der Waals surface area contributed by atoms with Gasteiger partial charge in [-0.2, -0.15) is 8.42 Å². The molecule has 3 aliphatic rings. The topological polar surface area (TPSA) is 181 Å². The van der Waals surface area contributed by atoms with Crippen molar-refractivity contribution in [3.63, 3.8) is 0 Å². The zero-order valence-corrected chi connectivity index (χ0v) is 16.3. The van der Waals surface area contributed by atoms with Crippen molar-refractivity contribution in [3.05, 3.63) is 40.5 Å². The lowest BCUT2D eigenvalue weighted by Crippen LogP contribution is -2.41. The number of carbonyl (C=O) groups excluding carboxylic acids is 6. The number of allylic oxidation sites excluding steroid dienone is 2. The summed E-state index contributed by atoms with van der Waals surface area (Å²) in [6, 6.07) is 3.26. The lowest BCUT2D eigenvalue weighted by atomic mass is 9.92. The van der Waals surface area contributed by atoms with Crippen molar-refractivity contribution in [1.82, 2.24) is 10.6 Å². The Labute approximate surface area is 173 Å². The Kier molecular flexibility index (Phi) is 4.56. The third-order valence-electron chi connectivity index (χ3n) is 5.06. The number of hydrogen-bond donors (Lipinski definition) is 3. The van der Waals surface area contributed by atoms with Crippen LogP contribution in [0.4, 0.5) is 0 Å². The van der Waals surface area contributed by atoms with E-state index in [4.69, 9.17) is 0 Å². The van der Waals surface area contributed by atoms with Crippen LogP contribution in [-0.2, 0) is 38.9 Å². The molecule has 0 atom stereocenters. The first-order chi connectivity index (χ1) is 14.5. The molecule has 4 amide bonds. The van der Waals surface area contributed by atoms with Gasteiger partial charge in [0.15, 0.2) is 11.6 Å². The smallest absolute Gasteiger partial charge is 0.293 e. The molecule has 4 rings (SSSR count). The molecule has 3 N–H and O–H groups in total. The average molecular weight is 444 g/mol. The highest BCUT2D eigenvalue weighted by molar-refractivity contribution is 7.85. The van der Waals surface area contributed by atoms with Crippen LogP contribution in [0.25, 0.3) is 11.1 Å². The number of hydrogen-bond acceptors (Lipinski definition) is 8. The van der Waals surface area contributed by atoms with Gasteiger partial charge >= 0.3 is 0 Å². The summed E-state index contributed by atoms with van der Waals surface area (Å²) in [7, 11) is -4.65. The van der Waals surface area contributed by atoms with Crippen molar-refractivity contribution in [3.8, 4) is 0 Å². The van der Waals surface area contributed by atoms with Crippen LogP contribution in [0.15, 0.2) is 34.2 Å². The van der Waals surface area contributed by atoms with Crippen LogP contribution >= 0.6 is 0 Å². The summed E-state index contributed by atoms with van der Waals surface area (Å²) in [5.41, 5.74) is -0.468. The van der Waals surface area contributed by atoms with Gasteiger partial charge < -0.3 is 0 Å². The van der Waals surface area contributed by atoms with Crippen molar-refractivity contribution >= 4 is 56.5 Å². The zero-order chi connectivity index (χ0) is 22.7. The molecule has 0 saturated carbocycles. The largest absolute Gasteiger partial charge is 0.294 e. The van der Waals surface area contributed by atoms with Crippen LogP contribution in [0.1, 0.15) is 30.4 Å². The Bertz CT molecular complexity index is 1290. The second-order valence-corrected chi connectivity index (χ2v) is 8.44. The van der Waals surface area contributed by atoms with Crippen LogP contribution in [-0.4, -0.2) is 48.2 Å². The number of nitrogens with one attached hydrogen (secondary N) is 2. The molecular weight excluding hydrogens is 432 g/mol. The van der Waals surface area contributed by atoms with Crippen molar-refractivity contribution in [1.29, 1.82) is 0 Å². The highest BCUT2D eigenvalue weighted by Gasteiger charge is 2.39. The number of ketones is 2. The molecule has 2 saturated heterocycles. The molecule has 1 aromatic carbocycles. The molecule has 11 nitrogen and oxygen atoms in total. The number of amides is 4. The van der Waals surface area contributed by atoms with E-state index in [0.29, 0.717) is 0 Å². The Morgan fingerprint density at radius 1 is 0.710 bits per heavy atom. The zero-order valence-electron chi connectivity index (χ0n) is 15.5. The third-order valence-corrected chi connectivity index (χ3v) is 5.91. The Morgan fingerprint density at radius 3 is 1.65 bits per heavy atom. The predicted octanol–water partition coefficient (Wildman–Crippen LogP) is -0.925. The molecule has 1 aromatic rings. The molecule has 0 unspecified atom stereocenters. The van der Waals surface area contributed by atoms with E-state index in [1.165, 1.54) is 6.07 Å². The first-order valence-electron chi connectivity index (χ1n) is 8.80. The molecule has 2 aliphatic heterocycles. The van der Waals surface area contributed by atoms with Gasteiger partial charge in [-0.25, -0.2) is 0 Å². The molecular formula is C19H12N2O9S. The van der Waals surface area contributed by atoms with Crippen LogP contribution in [0, 0.1) is 0 Å². The average Bonchev–Trinajstić information content (AvgIpc) is 2.98. The molecule has 0 aromatic heterocycles. The summed E-state index contributed by atoms with van der Waals surface area (Å²) in [6.45, 7) is 0. The van der Waals surface area contributed by atoms with Crippen LogP contribution in [0.5, 0.6) is 0 Å². The van der Waals surface area contributed by atoms with E-state index >= 15 is 0 Å². The van der Waals surface area contributed by atoms with E-state index < -0.39 is 68.6 Å². The summed E-state index contributed by atoms with van der Waals surface area (Å²) in [4.78, 5) is 72.0. The van der Waals surface area contributed by atoms with Crippen molar-refractivity contribution < 1.29 is 41.7 Å². The molecule has 31 heavy (non-hydrogen) atoms. The fourth-order valence-corrected chi connectivity index (χ4v) is 4.32. The Hall–Kier alpha value is -3.77. The molecule has 12 heteroatoms. The molecule has 158 valence electrons. The highest BCUT2D eigenvalue weighted by Crippen LogP contribution is 2.45. The summed E-state index contributed by atoms with van der Waals surface area (Å²) >= 11 is 0. The number of rotatable bonds is 1. The maximum atomic E-state index is 12.4. The first kappa shape index (κ1) is 20.5. The van der Waals surface area contributed by atoms with Gasteiger partial charge in [-0.3, -0.25) is 44.0 Å². The van der Waals surface area contributed by atoms with Crippen molar-refractivity contribution in [2.75, 3.05) is 0 Å². The third kappa shape index (κ3) is 3.41. The van der Waals surface area contributed by atoms with Crippen LogP contribution < -0.4 is 10.6 Å². The second-order valence-electron chi connectivity index (χ2n) is 7.02. The number of imide groups is 2. The first-order valence-corrected chi connectivity index (χ1v) is 10.2. The van der Waals surface area contributed by atoms with Crippen molar-refractivity contribution in [2.45, 2.75) is 24.2 Å². The number of benzene rings is 1. The van der Waals surface area contributed by atoms with E-state index in [1.807, 2.05) is 10.6 Å². The van der Waals surface area contributed by atoms with E-state index in [-0.39, 0.29) is 34.3 Å². The fourth-order valence-electron chi connectivity index (χ4n) is 3.81. The van der Waals surface area contributed by atoms with E-state index in [1.54, 1.807) is 0 Å². The molecule has 0 spiro atoms. The van der Waals surface area contributed by atoms with Crippen molar-refractivity contribution in [2.24, 2.45) is 0 Å². The lowest BCUT2D eigenvalue weighted by molar-refractivity contribution is -0.137. The van der Waals surface area contributed by atoms with Gasteiger partial charge in [0, 0.05) is 6.42 Å². The summed E-state index contributed by atoms with van der Waals surface area (Å²) in [6.07, 6.45) is -1.48. The number of fused-ring (bicyclic) bond motifs is 1. The van der Waals surface area contributed by atoms with E-state index in [9.17, 15) is 41.7 Å². The number of carbonyl (C=O) groups is 6. The Morgan fingerprint density at radius 2 is 1.19 bits per heavy atom. The number of Topliss-reactive ketones (excluding diaryl/α,β-unsaturated/α-hetero) is 2. The van der Waals surface area contributed by atoms with Crippen LogP contribution in [0.2, 0.25) is 0 Å². The minimum atomic E-state index is -4.65. The van der Waals surface area contributed by atoms with Gasteiger partial charge in [0.2, 0.25) is 11.8 Å². The minimum Gasteiger partial charge on any atom is -0.293 e. The molecule has 0 bridgehead atoms. The normalized spacial score (nSPS) is 24.3. The van der Waals surface area contributed by atoms with Gasteiger partial charge in [0.05, 0.1) is 28.9 Å². The maximum Gasteiger partial charge on any atom is 0.294 e. The standard InChI is InChI=1S/C19H12N2O9S/c22-12-5-14(24)20-18(26)16(12)10-4-11(17-13(23)6-15(25)21-19(17)27)9-3-7(31(28,29)30)1-2-8(9)10/h1-3H,4-6H2,(H,20,24,26)(H,21,25,27)(H,28,29,30)/b16-10-,17-11-. The summed E-state index contributed by atoms with van der Waals surface area (Å²) in [5, 5.41) is 4.02. The monoisotopic (exact) mass is 444 g/mol. The minimum absolute atomic E-state index is 0.00417. The van der Waals surface area contributed by atoms with Gasteiger partial charge in [-0.05, 0) is 34.4 Å². The number of piperidine rings is 2. The fraction of sp³-hybridized carbons (Fsp3) is 0.158. The molecule has 2 fully saturated rings. The van der Waals surface area contributed by atoms with E-state index in [0.717, 1.165) is 12.1 Å². The predicted molar refractivity (Wildman–Crippen MR) is 100 cm³/mol. The maximum absolute atomic E-state index is 12.4. The van der Waals surface area contributed by atoms with Crippen LogP contribution in [0.3, 0.4) is 0 Å². The molecule has 1 aliphatic carbocycles. The second kappa shape index (κ2) is 6.89. The molecule has 2 heterocycles. The quantitative estimate of drug-likeness (QED) is 0.162. The summed E-state index contributed by atoms with van der Waals surface area (Å²) in [5.74, 6) is -5.12. The van der Waals surface area contributed by atoms with Gasteiger partial charge in [-0.15, -0.1) is 0 Å². The van der Waals surface area contributed by atoms with Gasteiger partial charge in [-0.1, -0.05) is 6.07 Å². The molecule has 0 radical (unpaired) electrons. The highest BCUT2D eigenvalue weighted by atomic mass is 32.2. The summed E-state index contributed by atoms with van der Waals surface area (Å²) < 4.78 is 32.6. The van der Waals surface area contributed by atoms with E-state index in [2.05, 4.69) is 0 Å². The van der Waals surface area contributed by atoms with Gasteiger partial charge in [0.1, 0.15) is 0 Å². The SMILES string of the molecule is O=C1CC(=O)/C(=C2\C/C(=C3\C(=O)CC(=O)NC3=O)c3cc(S(=O)(=O)O)ccc32)C(=O)N1.